The summed E-state index contributed by atoms with van der Waals surface area (Å²) in [6, 6.07) is 8.39. The van der Waals surface area contributed by atoms with Crippen LogP contribution in [0.3, 0.4) is 0 Å². The molecule has 1 heterocycles. The van der Waals surface area contributed by atoms with Crippen molar-refractivity contribution < 1.29 is 13.2 Å². The largest absolute Gasteiger partial charge is 0.405 e. The van der Waals surface area contributed by atoms with Crippen molar-refractivity contribution in [3.8, 4) is 0 Å². The number of alkyl halides is 3. The third kappa shape index (κ3) is 2.72. The Kier molecular flexibility index (Phi) is 2.69. The first-order valence-corrected chi connectivity index (χ1v) is 4.92. The molecular formula is C11H12F3N. The van der Waals surface area contributed by atoms with Gasteiger partial charge in [0.05, 0.1) is 0 Å². The highest BCUT2D eigenvalue weighted by Gasteiger charge is 2.53. The average Bonchev–Trinajstić information content (AvgIpc) is 2.95. The second-order valence-electron chi connectivity index (χ2n) is 3.79. The normalized spacial score (nSPS) is 25.3. The Hall–Kier alpha value is -1.03. The van der Waals surface area contributed by atoms with Crippen molar-refractivity contribution in [1.29, 1.82) is 0 Å². The molecule has 2 atom stereocenters. The van der Waals surface area contributed by atoms with E-state index in [1.165, 1.54) is 4.90 Å². The van der Waals surface area contributed by atoms with E-state index in [0.717, 1.165) is 5.56 Å². The molecular weight excluding hydrogens is 203 g/mol. The van der Waals surface area contributed by atoms with E-state index in [2.05, 4.69) is 0 Å². The summed E-state index contributed by atoms with van der Waals surface area (Å²) in [6.45, 7) is 0.657. The first-order valence-electron chi connectivity index (χ1n) is 4.92. The molecule has 0 saturated carbocycles. The lowest BCUT2D eigenvalue weighted by Gasteiger charge is -2.06. The number of halogens is 3. The minimum atomic E-state index is -4.04. The molecule has 2 rings (SSSR count). The maximum atomic E-state index is 12.2. The van der Waals surface area contributed by atoms with Crippen LogP contribution in [0.5, 0.6) is 0 Å². The lowest BCUT2D eigenvalue weighted by atomic mass is 10.1. The first-order chi connectivity index (χ1) is 7.07. The Morgan fingerprint density at radius 3 is 2.40 bits per heavy atom. The molecule has 0 aliphatic carbocycles. The van der Waals surface area contributed by atoms with Crippen LogP contribution in [0.15, 0.2) is 30.3 Å². The van der Waals surface area contributed by atoms with Crippen LogP contribution >= 0.6 is 0 Å². The van der Waals surface area contributed by atoms with Crippen molar-refractivity contribution in [1.82, 2.24) is 4.90 Å². The van der Waals surface area contributed by atoms with Crippen molar-refractivity contribution in [3.63, 3.8) is 0 Å². The minimum absolute atomic E-state index is 0.163. The van der Waals surface area contributed by atoms with Crippen LogP contribution in [-0.4, -0.2) is 30.2 Å². The van der Waals surface area contributed by atoms with Gasteiger partial charge < -0.3 is 0 Å². The monoisotopic (exact) mass is 215 g/mol. The number of rotatable bonds is 3. The maximum Gasteiger partial charge on any atom is 0.405 e. The summed E-state index contributed by atoms with van der Waals surface area (Å²) < 4.78 is 36.5. The standard InChI is InChI=1S/C11H12F3N/c12-11(13,14)10-8-15(10)7-6-9-4-2-1-3-5-9/h1-5,10H,6-8H2. The lowest BCUT2D eigenvalue weighted by molar-refractivity contribution is -0.136. The predicted octanol–water partition coefficient (Wildman–Crippen LogP) is 2.48. The second kappa shape index (κ2) is 3.85. The van der Waals surface area contributed by atoms with E-state index >= 15 is 0 Å². The summed E-state index contributed by atoms with van der Waals surface area (Å²) in [7, 11) is 0. The number of nitrogens with zero attached hydrogens (tertiary/aromatic N) is 1. The molecule has 1 aliphatic rings. The molecule has 0 aromatic heterocycles. The smallest absolute Gasteiger partial charge is 0.289 e. The third-order valence-corrected chi connectivity index (χ3v) is 2.62. The molecule has 0 radical (unpaired) electrons. The number of hydrogen-bond acceptors (Lipinski definition) is 1. The van der Waals surface area contributed by atoms with Crippen molar-refractivity contribution in [2.45, 2.75) is 18.6 Å². The minimum Gasteiger partial charge on any atom is -0.289 e. The van der Waals surface area contributed by atoms with Gasteiger partial charge in [-0.2, -0.15) is 13.2 Å². The summed E-state index contributed by atoms with van der Waals surface area (Å²) in [5.41, 5.74) is 1.09. The van der Waals surface area contributed by atoms with Gasteiger partial charge in [0, 0.05) is 13.1 Å². The summed E-state index contributed by atoms with van der Waals surface area (Å²) >= 11 is 0. The first kappa shape index (κ1) is 10.5. The van der Waals surface area contributed by atoms with Crippen molar-refractivity contribution >= 4 is 0 Å². The van der Waals surface area contributed by atoms with Crippen molar-refractivity contribution in [2.24, 2.45) is 0 Å². The molecule has 0 bridgehead atoms. The summed E-state index contributed by atoms with van der Waals surface area (Å²) in [6.07, 6.45) is -3.36. The molecule has 4 heteroatoms. The summed E-state index contributed by atoms with van der Waals surface area (Å²) in [4.78, 5) is 1.45. The fourth-order valence-corrected chi connectivity index (χ4v) is 1.65. The fourth-order valence-electron chi connectivity index (χ4n) is 1.65. The Bertz CT molecular complexity index is 320. The van der Waals surface area contributed by atoms with Gasteiger partial charge in [-0.25, -0.2) is 0 Å². The van der Waals surface area contributed by atoms with E-state index in [4.69, 9.17) is 0 Å². The van der Waals surface area contributed by atoms with Gasteiger partial charge in [0.25, 0.3) is 0 Å². The molecule has 1 aromatic rings. The van der Waals surface area contributed by atoms with Gasteiger partial charge in [-0.3, -0.25) is 4.90 Å². The van der Waals surface area contributed by atoms with E-state index in [9.17, 15) is 13.2 Å². The summed E-state index contributed by atoms with van der Waals surface area (Å²) in [5.74, 6) is 0. The molecule has 0 amide bonds. The Labute approximate surface area is 86.5 Å². The zero-order chi connectivity index (χ0) is 10.9. The predicted molar refractivity (Wildman–Crippen MR) is 51.6 cm³/mol. The van der Waals surface area contributed by atoms with E-state index in [0.29, 0.717) is 13.0 Å². The molecule has 15 heavy (non-hydrogen) atoms. The zero-order valence-corrected chi connectivity index (χ0v) is 8.17. The lowest BCUT2D eigenvalue weighted by Crippen LogP contribution is -2.22. The second-order valence-corrected chi connectivity index (χ2v) is 3.79. The van der Waals surface area contributed by atoms with Crippen LogP contribution in [0.25, 0.3) is 0 Å². The zero-order valence-electron chi connectivity index (χ0n) is 8.17. The highest BCUT2D eigenvalue weighted by Crippen LogP contribution is 2.34. The molecule has 2 unspecified atom stereocenters. The van der Waals surface area contributed by atoms with Crippen molar-refractivity contribution in [3.05, 3.63) is 35.9 Å². The molecule has 1 nitrogen and oxygen atoms in total. The quantitative estimate of drug-likeness (QED) is 0.700. The third-order valence-electron chi connectivity index (χ3n) is 2.62. The SMILES string of the molecule is FC(F)(F)C1CN1CCc1ccccc1. The molecule has 1 fully saturated rings. The molecule has 0 N–H and O–H groups in total. The Balaban J connectivity index is 1.78. The van der Waals surface area contributed by atoms with E-state index in [-0.39, 0.29) is 6.54 Å². The molecule has 1 saturated heterocycles. The fraction of sp³-hybridized carbons (Fsp3) is 0.455. The van der Waals surface area contributed by atoms with Gasteiger partial charge in [-0.15, -0.1) is 0 Å². The molecule has 1 aromatic carbocycles. The molecule has 0 spiro atoms. The van der Waals surface area contributed by atoms with Gasteiger partial charge in [0.1, 0.15) is 6.04 Å². The van der Waals surface area contributed by atoms with Gasteiger partial charge >= 0.3 is 6.18 Å². The van der Waals surface area contributed by atoms with Crippen LogP contribution in [0.4, 0.5) is 13.2 Å². The van der Waals surface area contributed by atoms with Gasteiger partial charge in [-0.1, -0.05) is 30.3 Å². The molecule has 1 aliphatic heterocycles. The Morgan fingerprint density at radius 2 is 1.87 bits per heavy atom. The van der Waals surface area contributed by atoms with Crippen LogP contribution in [0, 0.1) is 0 Å². The van der Waals surface area contributed by atoms with Crippen molar-refractivity contribution in [2.75, 3.05) is 13.1 Å². The van der Waals surface area contributed by atoms with E-state index in [1.807, 2.05) is 30.3 Å². The van der Waals surface area contributed by atoms with E-state index < -0.39 is 12.2 Å². The van der Waals surface area contributed by atoms with Crippen LogP contribution in [-0.2, 0) is 6.42 Å². The van der Waals surface area contributed by atoms with Crippen LogP contribution in [0.2, 0.25) is 0 Å². The van der Waals surface area contributed by atoms with E-state index in [1.54, 1.807) is 0 Å². The van der Waals surface area contributed by atoms with Gasteiger partial charge in [-0.05, 0) is 12.0 Å². The van der Waals surface area contributed by atoms with Crippen LogP contribution < -0.4 is 0 Å². The van der Waals surface area contributed by atoms with Gasteiger partial charge in [0.2, 0.25) is 0 Å². The number of benzene rings is 1. The highest BCUT2D eigenvalue weighted by atomic mass is 19.4. The van der Waals surface area contributed by atoms with Gasteiger partial charge in [0.15, 0.2) is 0 Å². The van der Waals surface area contributed by atoms with Crippen LogP contribution in [0.1, 0.15) is 5.56 Å². The average molecular weight is 215 g/mol. The number of hydrogen-bond donors (Lipinski definition) is 0. The highest BCUT2D eigenvalue weighted by molar-refractivity contribution is 5.15. The maximum absolute atomic E-state index is 12.2. The molecule has 82 valence electrons. The topological polar surface area (TPSA) is 3.01 Å². The summed E-state index contributed by atoms with van der Waals surface area (Å²) in [5, 5.41) is 0. The Morgan fingerprint density at radius 1 is 1.20 bits per heavy atom.